The van der Waals surface area contributed by atoms with Crippen molar-refractivity contribution in [3.8, 4) is 5.75 Å². The first kappa shape index (κ1) is 11.0. The number of hydrogen-bond acceptors (Lipinski definition) is 3. The summed E-state index contributed by atoms with van der Waals surface area (Å²) >= 11 is 0. The molecule has 3 nitrogen and oxygen atoms in total. The van der Waals surface area contributed by atoms with Crippen LogP contribution in [0.4, 0.5) is 0 Å². The molecule has 1 radical (unpaired) electrons. The van der Waals surface area contributed by atoms with Gasteiger partial charge in [0.1, 0.15) is 12.4 Å². The zero-order valence-electron chi connectivity index (χ0n) is 8.06. The summed E-state index contributed by atoms with van der Waals surface area (Å²) in [5.41, 5.74) is 0. The Kier molecular flexibility index (Phi) is 3.95. The maximum Gasteiger partial charge on any atom is 0.153 e. The molecule has 0 unspecified atom stereocenters. The Morgan fingerprint density at radius 2 is 2.00 bits per heavy atom. The van der Waals surface area contributed by atoms with Crippen molar-refractivity contribution in [2.45, 2.75) is 6.92 Å². The highest BCUT2D eigenvalue weighted by Crippen LogP contribution is 2.07. The van der Waals surface area contributed by atoms with Crippen molar-refractivity contribution in [2.24, 2.45) is 0 Å². The molecule has 1 rings (SSSR count). The highest BCUT2D eigenvalue weighted by molar-refractivity contribution is 7.91. The van der Waals surface area contributed by atoms with Crippen molar-refractivity contribution in [2.75, 3.05) is 18.1 Å². The van der Waals surface area contributed by atoms with Crippen LogP contribution in [-0.4, -0.2) is 26.5 Å². The van der Waals surface area contributed by atoms with E-state index in [4.69, 9.17) is 4.74 Å². The molecule has 0 heterocycles. The van der Waals surface area contributed by atoms with Crippen LogP contribution in [-0.2, 0) is 9.84 Å². The molecule has 0 aliphatic heterocycles. The lowest BCUT2D eigenvalue weighted by Gasteiger charge is -2.05. The van der Waals surface area contributed by atoms with Crippen molar-refractivity contribution >= 4 is 9.84 Å². The summed E-state index contributed by atoms with van der Waals surface area (Å²) in [6.07, 6.45) is 0. The summed E-state index contributed by atoms with van der Waals surface area (Å²) in [7, 11) is -2.92. The maximum atomic E-state index is 11.1. The quantitative estimate of drug-likeness (QED) is 0.740. The standard InChI is InChI=1S/C10H13O3S/c1-2-14(11,12)9-8-13-10-6-4-3-5-7-10/h4-7H,2,8-9H2,1H3. The second-order valence-electron chi connectivity index (χ2n) is 2.82. The molecular weight excluding hydrogens is 200 g/mol. The summed E-state index contributed by atoms with van der Waals surface area (Å²) in [6.45, 7) is 1.84. The molecular formula is C10H13O3S. The summed E-state index contributed by atoms with van der Waals surface area (Å²) in [5, 5.41) is 0. The van der Waals surface area contributed by atoms with Gasteiger partial charge in [-0.05, 0) is 18.2 Å². The van der Waals surface area contributed by atoms with E-state index in [1.165, 1.54) is 0 Å². The van der Waals surface area contributed by atoms with Crippen LogP contribution in [0.5, 0.6) is 5.75 Å². The molecule has 0 aromatic heterocycles. The van der Waals surface area contributed by atoms with Crippen LogP contribution in [0.15, 0.2) is 24.3 Å². The molecule has 0 saturated heterocycles. The van der Waals surface area contributed by atoms with E-state index in [-0.39, 0.29) is 18.1 Å². The monoisotopic (exact) mass is 213 g/mol. The van der Waals surface area contributed by atoms with Crippen LogP contribution in [0.25, 0.3) is 0 Å². The van der Waals surface area contributed by atoms with E-state index >= 15 is 0 Å². The zero-order valence-corrected chi connectivity index (χ0v) is 8.88. The largest absolute Gasteiger partial charge is 0.493 e. The van der Waals surface area contributed by atoms with Crippen molar-refractivity contribution < 1.29 is 13.2 Å². The molecule has 0 saturated carbocycles. The van der Waals surface area contributed by atoms with E-state index in [2.05, 4.69) is 6.07 Å². The van der Waals surface area contributed by atoms with Gasteiger partial charge in [0.05, 0.1) is 5.75 Å². The smallest absolute Gasteiger partial charge is 0.153 e. The Morgan fingerprint density at radius 3 is 2.57 bits per heavy atom. The van der Waals surface area contributed by atoms with Crippen molar-refractivity contribution in [3.63, 3.8) is 0 Å². The molecule has 0 amide bonds. The molecule has 0 fully saturated rings. The van der Waals surface area contributed by atoms with Gasteiger partial charge in [0.15, 0.2) is 9.84 Å². The van der Waals surface area contributed by atoms with Gasteiger partial charge >= 0.3 is 0 Å². The second-order valence-corrected chi connectivity index (χ2v) is 5.29. The average molecular weight is 213 g/mol. The number of hydrogen-bond donors (Lipinski definition) is 0. The van der Waals surface area contributed by atoms with Crippen LogP contribution in [0.2, 0.25) is 0 Å². The van der Waals surface area contributed by atoms with E-state index in [0.717, 1.165) is 0 Å². The highest BCUT2D eigenvalue weighted by Gasteiger charge is 2.06. The van der Waals surface area contributed by atoms with Crippen LogP contribution < -0.4 is 4.74 Å². The molecule has 4 heteroatoms. The van der Waals surface area contributed by atoms with E-state index in [0.29, 0.717) is 5.75 Å². The van der Waals surface area contributed by atoms with Crippen LogP contribution in [0, 0.1) is 6.07 Å². The van der Waals surface area contributed by atoms with E-state index in [9.17, 15) is 8.42 Å². The highest BCUT2D eigenvalue weighted by atomic mass is 32.2. The van der Waals surface area contributed by atoms with Gasteiger partial charge in [0, 0.05) is 5.75 Å². The SMILES string of the molecule is CCS(=O)(=O)CCOc1cc[c]cc1. The third kappa shape index (κ3) is 3.79. The molecule has 1 aromatic rings. The summed E-state index contributed by atoms with van der Waals surface area (Å²) in [6, 6.07) is 9.80. The summed E-state index contributed by atoms with van der Waals surface area (Å²) in [5.74, 6) is 0.913. The van der Waals surface area contributed by atoms with Gasteiger partial charge in [0.25, 0.3) is 0 Å². The lowest BCUT2D eigenvalue weighted by molar-refractivity contribution is 0.341. The molecule has 0 atom stereocenters. The predicted molar refractivity (Wildman–Crippen MR) is 55.1 cm³/mol. The van der Waals surface area contributed by atoms with Crippen molar-refractivity contribution in [1.29, 1.82) is 0 Å². The molecule has 0 aliphatic rings. The van der Waals surface area contributed by atoms with Gasteiger partial charge in [-0.25, -0.2) is 8.42 Å². The molecule has 77 valence electrons. The van der Waals surface area contributed by atoms with Gasteiger partial charge in [-0.2, -0.15) is 0 Å². The number of rotatable bonds is 5. The lowest BCUT2D eigenvalue weighted by atomic mass is 10.3. The molecule has 0 spiro atoms. The summed E-state index contributed by atoms with van der Waals surface area (Å²) in [4.78, 5) is 0. The van der Waals surface area contributed by atoms with E-state index < -0.39 is 9.84 Å². The Hall–Kier alpha value is -1.03. The van der Waals surface area contributed by atoms with Gasteiger partial charge in [-0.15, -0.1) is 0 Å². The number of sulfone groups is 1. The fraction of sp³-hybridized carbons (Fsp3) is 0.400. The first-order chi connectivity index (χ1) is 6.64. The lowest BCUT2D eigenvalue weighted by Crippen LogP contribution is -2.15. The normalized spacial score (nSPS) is 11.2. The minimum Gasteiger partial charge on any atom is -0.493 e. The fourth-order valence-corrected chi connectivity index (χ4v) is 1.52. The first-order valence-electron chi connectivity index (χ1n) is 4.43. The van der Waals surface area contributed by atoms with Gasteiger partial charge in [-0.1, -0.05) is 19.1 Å². The average Bonchev–Trinajstić information content (AvgIpc) is 2.19. The zero-order chi connectivity index (χ0) is 10.4. The van der Waals surface area contributed by atoms with Crippen molar-refractivity contribution in [3.05, 3.63) is 30.3 Å². The topological polar surface area (TPSA) is 43.4 Å². The molecule has 0 N–H and O–H groups in total. The van der Waals surface area contributed by atoms with Crippen molar-refractivity contribution in [1.82, 2.24) is 0 Å². The molecule has 14 heavy (non-hydrogen) atoms. The second kappa shape index (κ2) is 5.00. The predicted octanol–water partition coefficient (Wildman–Crippen LogP) is 1.30. The number of benzene rings is 1. The number of ether oxygens (including phenoxy) is 1. The summed E-state index contributed by atoms with van der Waals surface area (Å²) < 4.78 is 27.5. The van der Waals surface area contributed by atoms with E-state index in [1.807, 2.05) is 0 Å². The third-order valence-corrected chi connectivity index (χ3v) is 3.46. The first-order valence-corrected chi connectivity index (χ1v) is 6.25. The maximum absolute atomic E-state index is 11.1. The fourth-order valence-electron chi connectivity index (χ4n) is 0.899. The Balaban J connectivity index is 2.37. The Labute approximate surface area is 84.6 Å². The van der Waals surface area contributed by atoms with Crippen LogP contribution in [0.1, 0.15) is 6.92 Å². The minimum absolute atomic E-state index is 0.0715. The Bertz CT molecular complexity index is 356. The molecule has 1 aromatic carbocycles. The molecule has 0 aliphatic carbocycles. The minimum atomic E-state index is -2.92. The van der Waals surface area contributed by atoms with Gasteiger partial charge in [0.2, 0.25) is 0 Å². The van der Waals surface area contributed by atoms with Crippen LogP contribution in [0.3, 0.4) is 0 Å². The third-order valence-electron chi connectivity index (χ3n) is 1.79. The van der Waals surface area contributed by atoms with Gasteiger partial charge < -0.3 is 4.74 Å². The van der Waals surface area contributed by atoms with Gasteiger partial charge in [-0.3, -0.25) is 0 Å². The Morgan fingerprint density at radius 1 is 1.36 bits per heavy atom. The molecule has 0 bridgehead atoms. The van der Waals surface area contributed by atoms with Crippen LogP contribution >= 0.6 is 0 Å². The van der Waals surface area contributed by atoms with E-state index in [1.54, 1.807) is 31.2 Å².